The van der Waals surface area contributed by atoms with Crippen molar-refractivity contribution in [2.45, 2.75) is 0 Å². The van der Waals surface area contributed by atoms with Gasteiger partial charge in [-0.25, -0.2) is 0 Å². The van der Waals surface area contributed by atoms with Crippen LogP contribution in [0, 0.1) is 0 Å². The van der Waals surface area contributed by atoms with Gasteiger partial charge in [0.05, 0.1) is 16.7 Å². The Morgan fingerprint density at radius 3 is 1.64 bits per heavy atom. The molecule has 0 saturated carbocycles. The molecule has 0 N–H and O–H groups in total. The molecule has 10 rings (SSSR count). The summed E-state index contributed by atoms with van der Waals surface area (Å²) in [6.07, 6.45) is 0. The van der Waals surface area contributed by atoms with Crippen LogP contribution in [0.1, 0.15) is 0 Å². The van der Waals surface area contributed by atoms with Crippen LogP contribution in [0.2, 0.25) is 0 Å². The van der Waals surface area contributed by atoms with Gasteiger partial charge in [0.2, 0.25) is 0 Å². The SMILES string of the molecule is c1ccc(-n2c3ccccc3c3ccc(N(c4ccc5ccccc5c4)c4cc5ccccc5cc4-c4ccc5ccccc5c4)cc32)cc1. The summed E-state index contributed by atoms with van der Waals surface area (Å²) in [5.41, 5.74) is 9.25. The number of nitrogens with zero attached hydrogens (tertiary/aromatic N) is 2. The van der Waals surface area contributed by atoms with Crippen molar-refractivity contribution in [3.05, 3.63) is 194 Å². The minimum absolute atomic E-state index is 1.10. The quantitative estimate of drug-likeness (QED) is 0.182. The third-order valence-corrected chi connectivity index (χ3v) is 10.1. The first kappa shape index (κ1) is 28.4. The van der Waals surface area contributed by atoms with Crippen LogP contribution in [0.15, 0.2) is 194 Å². The van der Waals surface area contributed by atoms with Gasteiger partial charge in [0.25, 0.3) is 0 Å². The molecule has 0 saturated heterocycles. The lowest BCUT2D eigenvalue weighted by Crippen LogP contribution is -2.11. The lowest BCUT2D eigenvalue weighted by Gasteiger charge is -2.29. The fraction of sp³-hybridized carbons (Fsp3) is 0. The minimum Gasteiger partial charge on any atom is -0.310 e. The van der Waals surface area contributed by atoms with Crippen molar-refractivity contribution in [1.29, 1.82) is 0 Å². The van der Waals surface area contributed by atoms with Crippen LogP contribution in [0.4, 0.5) is 17.1 Å². The molecule has 0 aliphatic carbocycles. The average molecular weight is 637 g/mol. The van der Waals surface area contributed by atoms with Crippen molar-refractivity contribution < 1.29 is 0 Å². The Morgan fingerprint density at radius 1 is 0.340 bits per heavy atom. The van der Waals surface area contributed by atoms with Gasteiger partial charge in [0.1, 0.15) is 0 Å². The molecule has 2 heteroatoms. The van der Waals surface area contributed by atoms with Crippen LogP contribution in [0.5, 0.6) is 0 Å². The number of hydrogen-bond donors (Lipinski definition) is 0. The van der Waals surface area contributed by atoms with Gasteiger partial charge < -0.3 is 9.47 Å². The highest BCUT2D eigenvalue weighted by atomic mass is 15.1. The van der Waals surface area contributed by atoms with E-state index in [0.717, 1.165) is 22.7 Å². The highest BCUT2D eigenvalue weighted by Crippen LogP contribution is 2.45. The molecule has 0 amide bonds. The van der Waals surface area contributed by atoms with E-state index < -0.39 is 0 Å². The smallest absolute Gasteiger partial charge is 0.0561 e. The van der Waals surface area contributed by atoms with Crippen molar-refractivity contribution in [3.63, 3.8) is 0 Å². The molecular formula is C48H32N2. The van der Waals surface area contributed by atoms with Crippen LogP contribution in [0.3, 0.4) is 0 Å². The van der Waals surface area contributed by atoms with E-state index in [2.05, 4.69) is 204 Å². The fourth-order valence-corrected chi connectivity index (χ4v) is 7.70. The molecule has 234 valence electrons. The second-order valence-electron chi connectivity index (χ2n) is 13.0. The van der Waals surface area contributed by atoms with E-state index in [1.165, 1.54) is 65.3 Å². The third kappa shape index (κ3) is 4.65. The standard InChI is InChI=1S/C48H32N2/c1-2-18-40(19-3-1)50-46-21-11-10-20-43(46)44-27-26-42(32-48(44)50)49(41-25-24-34-13-5-7-15-36(34)29-41)47-31-38-17-9-8-16-37(38)30-45(47)39-23-22-33-12-4-6-14-35(33)28-39/h1-32H. The number of anilines is 3. The van der Waals surface area contributed by atoms with Crippen LogP contribution in [0.25, 0.3) is 70.9 Å². The van der Waals surface area contributed by atoms with Gasteiger partial charge in [-0.2, -0.15) is 0 Å². The Balaban J connectivity index is 1.29. The topological polar surface area (TPSA) is 8.17 Å². The molecule has 1 heterocycles. The fourth-order valence-electron chi connectivity index (χ4n) is 7.70. The molecule has 0 spiro atoms. The van der Waals surface area contributed by atoms with Gasteiger partial charge in [0.15, 0.2) is 0 Å². The van der Waals surface area contributed by atoms with E-state index >= 15 is 0 Å². The average Bonchev–Trinajstić information content (AvgIpc) is 3.51. The Hall–Kier alpha value is -6.64. The Morgan fingerprint density at radius 2 is 0.880 bits per heavy atom. The van der Waals surface area contributed by atoms with Crippen molar-refractivity contribution in [3.8, 4) is 16.8 Å². The van der Waals surface area contributed by atoms with Crippen LogP contribution >= 0.6 is 0 Å². The van der Waals surface area contributed by atoms with Crippen LogP contribution in [-0.4, -0.2) is 4.57 Å². The van der Waals surface area contributed by atoms with Crippen molar-refractivity contribution in [1.82, 2.24) is 4.57 Å². The summed E-state index contributed by atoms with van der Waals surface area (Å²) in [6.45, 7) is 0. The first-order valence-corrected chi connectivity index (χ1v) is 17.2. The number of para-hydroxylation sites is 2. The molecular weight excluding hydrogens is 605 g/mol. The van der Waals surface area contributed by atoms with E-state index in [1.807, 2.05) is 0 Å². The van der Waals surface area contributed by atoms with Gasteiger partial charge >= 0.3 is 0 Å². The normalized spacial score (nSPS) is 11.6. The summed E-state index contributed by atoms with van der Waals surface area (Å²) in [4.78, 5) is 2.45. The molecule has 0 fully saturated rings. The molecule has 10 aromatic rings. The summed E-state index contributed by atoms with van der Waals surface area (Å²) in [7, 11) is 0. The molecule has 0 bridgehead atoms. The zero-order valence-electron chi connectivity index (χ0n) is 27.4. The first-order chi connectivity index (χ1) is 24.8. The van der Waals surface area contributed by atoms with Gasteiger partial charge in [-0.1, -0.05) is 133 Å². The molecule has 0 aliphatic heterocycles. The van der Waals surface area contributed by atoms with E-state index in [9.17, 15) is 0 Å². The van der Waals surface area contributed by atoms with Gasteiger partial charge in [-0.3, -0.25) is 0 Å². The highest BCUT2D eigenvalue weighted by Gasteiger charge is 2.21. The predicted molar refractivity (Wildman–Crippen MR) is 213 cm³/mol. The zero-order chi connectivity index (χ0) is 33.0. The molecule has 2 nitrogen and oxygen atoms in total. The third-order valence-electron chi connectivity index (χ3n) is 10.1. The monoisotopic (exact) mass is 636 g/mol. The highest BCUT2D eigenvalue weighted by molar-refractivity contribution is 6.11. The van der Waals surface area contributed by atoms with E-state index in [1.54, 1.807) is 0 Å². The molecule has 9 aromatic carbocycles. The Kier molecular flexibility index (Phi) is 6.53. The summed E-state index contributed by atoms with van der Waals surface area (Å²) >= 11 is 0. The maximum Gasteiger partial charge on any atom is 0.0561 e. The number of aromatic nitrogens is 1. The van der Waals surface area contributed by atoms with E-state index in [0.29, 0.717) is 0 Å². The summed E-state index contributed by atoms with van der Waals surface area (Å²) in [6, 6.07) is 70.7. The van der Waals surface area contributed by atoms with Crippen LogP contribution < -0.4 is 4.90 Å². The molecule has 1 aromatic heterocycles. The lowest BCUT2D eigenvalue weighted by atomic mass is 9.95. The maximum absolute atomic E-state index is 2.45. The number of rotatable bonds is 5. The van der Waals surface area contributed by atoms with Crippen molar-refractivity contribution in [2.75, 3.05) is 4.90 Å². The second kappa shape index (κ2) is 11.5. The van der Waals surface area contributed by atoms with E-state index in [-0.39, 0.29) is 0 Å². The molecule has 0 unspecified atom stereocenters. The predicted octanol–water partition coefficient (Wildman–Crippen LogP) is 13.4. The minimum atomic E-state index is 1.10. The second-order valence-corrected chi connectivity index (χ2v) is 13.0. The van der Waals surface area contributed by atoms with Crippen molar-refractivity contribution >= 4 is 71.2 Å². The molecule has 0 radical (unpaired) electrons. The Bertz CT molecular complexity index is 2880. The maximum atomic E-state index is 2.45. The largest absolute Gasteiger partial charge is 0.310 e. The van der Waals surface area contributed by atoms with E-state index in [4.69, 9.17) is 0 Å². The van der Waals surface area contributed by atoms with Gasteiger partial charge in [-0.15, -0.1) is 0 Å². The number of benzene rings is 9. The van der Waals surface area contributed by atoms with Gasteiger partial charge in [0, 0.05) is 33.4 Å². The molecule has 0 aliphatic rings. The summed E-state index contributed by atoms with van der Waals surface area (Å²) in [5, 5.41) is 9.82. The Labute approximate surface area is 290 Å². The van der Waals surface area contributed by atoms with Crippen molar-refractivity contribution in [2.24, 2.45) is 0 Å². The van der Waals surface area contributed by atoms with Gasteiger partial charge in [-0.05, 0) is 98.5 Å². The zero-order valence-corrected chi connectivity index (χ0v) is 27.4. The summed E-state index contributed by atoms with van der Waals surface area (Å²) < 4.78 is 2.40. The van der Waals surface area contributed by atoms with Crippen LogP contribution in [-0.2, 0) is 0 Å². The number of hydrogen-bond acceptors (Lipinski definition) is 1. The molecule has 50 heavy (non-hydrogen) atoms. The summed E-state index contributed by atoms with van der Waals surface area (Å²) in [5.74, 6) is 0. The lowest BCUT2D eigenvalue weighted by molar-refractivity contribution is 1.18. The number of fused-ring (bicyclic) bond motifs is 6. The molecule has 0 atom stereocenters. The first-order valence-electron chi connectivity index (χ1n) is 17.2.